The number of hydrogen-bond donors (Lipinski definition) is 3. The third kappa shape index (κ3) is 5.22. The van der Waals surface area contributed by atoms with E-state index in [4.69, 9.17) is 4.74 Å². The monoisotopic (exact) mass is 492 g/mol. The predicted octanol–water partition coefficient (Wildman–Crippen LogP) is 5.03. The van der Waals surface area contributed by atoms with Crippen molar-refractivity contribution in [1.29, 1.82) is 0 Å². The smallest absolute Gasteiger partial charge is 0.255 e. The highest BCUT2D eigenvalue weighted by atomic mass is 19.1. The number of amides is 2. The average molecular weight is 493 g/mol. The Bertz CT molecular complexity index is 1280. The molecule has 2 heterocycles. The summed E-state index contributed by atoms with van der Waals surface area (Å²) in [5.41, 5.74) is 3.86. The second kappa shape index (κ2) is 10.3. The van der Waals surface area contributed by atoms with Crippen molar-refractivity contribution in [2.45, 2.75) is 70.9 Å². The fraction of sp³-hybridized carbons (Fsp3) is 0.464. The minimum Gasteiger partial charge on any atom is -0.493 e. The number of nitrogens with zero attached hydrogens (tertiary/aromatic N) is 1. The van der Waals surface area contributed by atoms with Gasteiger partial charge in [0.1, 0.15) is 17.1 Å². The first-order chi connectivity index (χ1) is 17.4. The van der Waals surface area contributed by atoms with Crippen LogP contribution in [-0.4, -0.2) is 40.5 Å². The summed E-state index contributed by atoms with van der Waals surface area (Å²) in [7, 11) is 0. The number of aromatic amines is 1. The van der Waals surface area contributed by atoms with E-state index in [0.29, 0.717) is 52.5 Å². The van der Waals surface area contributed by atoms with Crippen molar-refractivity contribution in [2.24, 2.45) is 5.92 Å². The summed E-state index contributed by atoms with van der Waals surface area (Å²) in [6.07, 6.45) is 7.77. The Morgan fingerprint density at radius 2 is 1.78 bits per heavy atom. The van der Waals surface area contributed by atoms with Gasteiger partial charge in [-0.15, -0.1) is 0 Å². The number of fused-ring (bicyclic) bond motifs is 1. The highest BCUT2D eigenvalue weighted by Crippen LogP contribution is 2.38. The lowest BCUT2D eigenvalue weighted by Gasteiger charge is -2.29. The maximum atomic E-state index is 14.3. The molecule has 2 aliphatic rings. The van der Waals surface area contributed by atoms with Gasteiger partial charge in [-0.1, -0.05) is 6.92 Å². The lowest BCUT2D eigenvalue weighted by atomic mass is 9.91. The van der Waals surface area contributed by atoms with E-state index in [2.05, 4.69) is 20.6 Å². The van der Waals surface area contributed by atoms with Crippen molar-refractivity contribution in [2.75, 3.05) is 6.61 Å². The van der Waals surface area contributed by atoms with E-state index >= 15 is 0 Å². The summed E-state index contributed by atoms with van der Waals surface area (Å²) in [6, 6.07) is 6.60. The number of rotatable bonds is 8. The zero-order valence-corrected chi connectivity index (χ0v) is 20.8. The molecule has 3 aromatic rings. The second-order valence-electron chi connectivity index (χ2n) is 10.0. The Morgan fingerprint density at radius 1 is 1.06 bits per heavy atom. The Morgan fingerprint density at radius 3 is 2.47 bits per heavy atom. The van der Waals surface area contributed by atoms with E-state index < -0.39 is 0 Å². The number of pyridine rings is 1. The summed E-state index contributed by atoms with van der Waals surface area (Å²) in [6.45, 7) is 4.32. The van der Waals surface area contributed by atoms with Crippen LogP contribution in [0.1, 0.15) is 67.9 Å². The van der Waals surface area contributed by atoms with Crippen LogP contribution in [0.5, 0.6) is 5.75 Å². The molecule has 2 saturated carbocycles. The normalized spacial score (nSPS) is 19.8. The zero-order valence-electron chi connectivity index (χ0n) is 20.8. The van der Waals surface area contributed by atoms with Crippen molar-refractivity contribution in [1.82, 2.24) is 20.6 Å². The first kappa shape index (κ1) is 24.3. The third-order valence-corrected chi connectivity index (χ3v) is 7.25. The molecule has 2 aromatic heterocycles. The van der Waals surface area contributed by atoms with Crippen molar-refractivity contribution >= 4 is 22.8 Å². The molecule has 0 radical (unpaired) electrons. The number of hydrogen-bond acceptors (Lipinski definition) is 4. The first-order valence-corrected chi connectivity index (χ1v) is 12.9. The van der Waals surface area contributed by atoms with E-state index in [0.717, 1.165) is 31.2 Å². The molecule has 0 bridgehead atoms. The molecular formula is C28H33FN4O3. The van der Waals surface area contributed by atoms with Gasteiger partial charge in [-0.2, -0.15) is 0 Å². The Labute approximate surface area is 210 Å². The van der Waals surface area contributed by atoms with Crippen LogP contribution in [0.4, 0.5) is 4.39 Å². The van der Waals surface area contributed by atoms with Gasteiger partial charge in [-0.05, 0) is 75.6 Å². The molecule has 3 N–H and O–H groups in total. The maximum Gasteiger partial charge on any atom is 0.255 e. The van der Waals surface area contributed by atoms with Gasteiger partial charge in [-0.25, -0.2) is 4.39 Å². The third-order valence-electron chi connectivity index (χ3n) is 7.25. The molecule has 2 aliphatic carbocycles. The number of aryl methyl sites for hydroxylation is 1. The standard InChI is InChI=1S/C28H33FN4O3/c1-3-24(34)32-19-7-9-20(10-8-19)33-28(35)25-16(2)31-26-21(12-13-30-27(25)26)22-14-18(29)6-11-23(22)36-15-17-4-5-17/h6,11-14,17,19-20,31H,3-5,7-10,15H2,1-2H3,(H,32,34)(H,33,35). The number of H-pyrrole nitrogens is 1. The second-order valence-corrected chi connectivity index (χ2v) is 10.0. The quantitative estimate of drug-likeness (QED) is 0.411. The van der Waals surface area contributed by atoms with Crippen LogP contribution < -0.4 is 15.4 Å². The number of ether oxygens (including phenoxy) is 1. The SMILES string of the molecule is CCC(=O)NC1CCC(NC(=O)c2c(C)[nH]c3c(-c4cc(F)ccc4OCC4CC4)ccnc23)CC1. The van der Waals surface area contributed by atoms with E-state index in [1.54, 1.807) is 12.3 Å². The molecule has 7 nitrogen and oxygen atoms in total. The lowest BCUT2D eigenvalue weighted by Crippen LogP contribution is -2.43. The average Bonchev–Trinajstić information content (AvgIpc) is 3.63. The van der Waals surface area contributed by atoms with E-state index in [1.165, 1.54) is 25.0 Å². The van der Waals surface area contributed by atoms with E-state index in [1.807, 2.05) is 19.9 Å². The first-order valence-electron chi connectivity index (χ1n) is 12.9. The number of halogens is 1. The molecule has 2 fully saturated rings. The minimum atomic E-state index is -0.347. The predicted molar refractivity (Wildman–Crippen MR) is 136 cm³/mol. The molecular weight excluding hydrogens is 459 g/mol. The van der Waals surface area contributed by atoms with Crippen LogP contribution >= 0.6 is 0 Å². The Hall–Kier alpha value is -3.42. The van der Waals surface area contributed by atoms with Gasteiger partial charge in [0.2, 0.25) is 5.91 Å². The van der Waals surface area contributed by atoms with Crippen LogP contribution in [0.15, 0.2) is 30.5 Å². The molecule has 0 spiro atoms. The highest BCUT2D eigenvalue weighted by Gasteiger charge is 2.27. The highest BCUT2D eigenvalue weighted by molar-refractivity contribution is 6.09. The van der Waals surface area contributed by atoms with Gasteiger partial charge in [0.25, 0.3) is 5.91 Å². The van der Waals surface area contributed by atoms with Crippen LogP contribution in [0, 0.1) is 18.7 Å². The summed E-state index contributed by atoms with van der Waals surface area (Å²) < 4.78 is 20.3. The molecule has 0 aliphatic heterocycles. The van der Waals surface area contributed by atoms with Gasteiger partial charge in [0, 0.05) is 41.5 Å². The van der Waals surface area contributed by atoms with Crippen LogP contribution in [-0.2, 0) is 4.79 Å². The van der Waals surface area contributed by atoms with E-state index in [9.17, 15) is 14.0 Å². The summed E-state index contributed by atoms with van der Waals surface area (Å²) >= 11 is 0. The molecule has 2 amide bonds. The van der Waals surface area contributed by atoms with E-state index in [-0.39, 0.29) is 29.7 Å². The fourth-order valence-electron chi connectivity index (χ4n) is 5.01. The van der Waals surface area contributed by atoms with Crippen molar-refractivity contribution < 1.29 is 18.7 Å². The lowest BCUT2D eigenvalue weighted by molar-refractivity contribution is -0.121. The molecule has 36 heavy (non-hydrogen) atoms. The fourth-order valence-corrected chi connectivity index (χ4v) is 5.01. The number of aromatic nitrogens is 2. The van der Waals surface area contributed by atoms with Crippen LogP contribution in [0.2, 0.25) is 0 Å². The van der Waals surface area contributed by atoms with Gasteiger partial charge in [0.15, 0.2) is 0 Å². The molecule has 5 rings (SSSR count). The van der Waals surface area contributed by atoms with Gasteiger partial charge < -0.3 is 20.4 Å². The van der Waals surface area contributed by atoms with Crippen molar-refractivity contribution in [3.8, 4) is 16.9 Å². The maximum absolute atomic E-state index is 14.3. The van der Waals surface area contributed by atoms with Crippen LogP contribution in [0.3, 0.4) is 0 Å². The number of benzene rings is 1. The molecule has 0 saturated heterocycles. The Balaban J connectivity index is 1.37. The van der Waals surface area contributed by atoms with Gasteiger partial charge >= 0.3 is 0 Å². The number of carbonyl (C=O) groups excluding carboxylic acids is 2. The largest absolute Gasteiger partial charge is 0.493 e. The molecule has 190 valence electrons. The summed E-state index contributed by atoms with van der Waals surface area (Å²) in [5.74, 6) is 0.745. The molecule has 8 heteroatoms. The number of carbonyl (C=O) groups is 2. The van der Waals surface area contributed by atoms with Crippen LogP contribution in [0.25, 0.3) is 22.2 Å². The van der Waals surface area contributed by atoms with Gasteiger partial charge in [-0.3, -0.25) is 14.6 Å². The molecule has 1 aromatic carbocycles. The minimum absolute atomic E-state index is 0.0467. The number of nitrogens with one attached hydrogen (secondary N) is 3. The van der Waals surface area contributed by atoms with Crippen molar-refractivity contribution in [3.05, 3.63) is 47.5 Å². The summed E-state index contributed by atoms with van der Waals surface area (Å²) in [5, 5.41) is 6.21. The zero-order chi connectivity index (χ0) is 25.2. The van der Waals surface area contributed by atoms with Crippen molar-refractivity contribution in [3.63, 3.8) is 0 Å². The summed E-state index contributed by atoms with van der Waals surface area (Å²) in [4.78, 5) is 32.9. The molecule has 0 atom stereocenters. The molecule has 0 unspecified atom stereocenters. The Kier molecular flexibility index (Phi) is 6.94. The van der Waals surface area contributed by atoms with Gasteiger partial charge in [0.05, 0.1) is 17.7 Å². The topological polar surface area (TPSA) is 96.1 Å².